The molecule has 7 heteroatoms. The molecule has 26 heavy (non-hydrogen) atoms. The number of esters is 1. The number of para-hydroxylation sites is 1. The van der Waals surface area contributed by atoms with Gasteiger partial charge in [-0.3, -0.25) is 14.9 Å². The smallest absolute Gasteiger partial charge is 0.350 e. The summed E-state index contributed by atoms with van der Waals surface area (Å²) < 4.78 is 7.21. The van der Waals surface area contributed by atoms with Crippen LogP contribution in [0.15, 0.2) is 42.5 Å². The van der Waals surface area contributed by atoms with Gasteiger partial charge in [0, 0.05) is 35.3 Å². The highest BCUT2D eigenvalue weighted by Gasteiger charge is 2.22. The van der Waals surface area contributed by atoms with E-state index < -0.39 is 10.9 Å². The second-order valence-corrected chi connectivity index (χ2v) is 5.92. The van der Waals surface area contributed by atoms with E-state index in [1.54, 1.807) is 18.2 Å². The van der Waals surface area contributed by atoms with E-state index in [0.717, 1.165) is 11.2 Å². The van der Waals surface area contributed by atoms with Crippen LogP contribution in [0.2, 0.25) is 0 Å². The molecular formula is C19H16N2O5. The monoisotopic (exact) mass is 352 g/mol. The standard InChI is InChI=1S/C19H16N2O5/c1-11-18(12(2)22)15-10-13(8-9-16(15)20(11)3)26-19(23)14-6-4-5-7-17(14)21(24)25/h4-10H,1-3H3. The maximum absolute atomic E-state index is 12.4. The molecule has 1 aromatic heterocycles. The van der Waals surface area contributed by atoms with E-state index in [2.05, 4.69) is 0 Å². The second-order valence-electron chi connectivity index (χ2n) is 5.92. The van der Waals surface area contributed by atoms with Gasteiger partial charge in [0.1, 0.15) is 11.3 Å². The van der Waals surface area contributed by atoms with Crippen molar-refractivity contribution >= 4 is 28.3 Å². The van der Waals surface area contributed by atoms with E-state index in [9.17, 15) is 19.7 Å². The SMILES string of the molecule is CC(=O)c1c(C)n(C)c2ccc(OC(=O)c3ccccc3[N+](=O)[O-])cc12. The second kappa shape index (κ2) is 6.44. The van der Waals surface area contributed by atoms with Crippen molar-refractivity contribution in [2.45, 2.75) is 13.8 Å². The van der Waals surface area contributed by atoms with Gasteiger partial charge in [-0.05, 0) is 38.1 Å². The number of aromatic nitrogens is 1. The van der Waals surface area contributed by atoms with Crippen LogP contribution in [0.25, 0.3) is 10.9 Å². The Kier molecular flexibility index (Phi) is 4.29. The zero-order valence-electron chi connectivity index (χ0n) is 14.5. The Balaban J connectivity index is 2.02. The minimum absolute atomic E-state index is 0.0877. The number of rotatable bonds is 4. The van der Waals surface area contributed by atoms with E-state index in [0.29, 0.717) is 10.9 Å². The quantitative estimate of drug-likeness (QED) is 0.234. The first-order chi connectivity index (χ1) is 12.3. The molecule has 2 aromatic carbocycles. The Labute approximate surface area is 149 Å². The highest BCUT2D eigenvalue weighted by molar-refractivity contribution is 6.09. The van der Waals surface area contributed by atoms with Crippen LogP contribution in [0.5, 0.6) is 5.75 Å². The zero-order valence-corrected chi connectivity index (χ0v) is 14.5. The average molecular weight is 352 g/mol. The van der Waals surface area contributed by atoms with Crippen LogP contribution >= 0.6 is 0 Å². The number of ketones is 1. The van der Waals surface area contributed by atoms with E-state index in [1.807, 2.05) is 18.5 Å². The van der Waals surface area contributed by atoms with Crippen molar-refractivity contribution in [2.24, 2.45) is 7.05 Å². The third-order valence-corrected chi connectivity index (χ3v) is 4.35. The summed E-state index contributed by atoms with van der Waals surface area (Å²) in [6, 6.07) is 10.5. The molecule has 0 saturated carbocycles. The molecule has 0 aliphatic heterocycles. The zero-order chi connectivity index (χ0) is 19.0. The third-order valence-electron chi connectivity index (χ3n) is 4.35. The summed E-state index contributed by atoms with van der Waals surface area (Å²) in [5, 5.41) is 11.7. The van der Waals surface area contributed by atoms with Crippen LogP contribution in [-0.4, -0.2) is 21.2 Å². The van der Waals surface area contributed by atoms with Crippen LogP contribution in [0, 0.1) is 17.0 Å². The molecule has 0 atom stereocenters. The highest BCUT2D eigenvalue weighted by atomic mass is 16.6. The lowest BCUT2D eigenvalue weighted by Crippen LogP contribution is -2.11. The van der Waals surface area contributed by atoms with Gasteiger partial charge in [0.25, 0.3) is 5.69 Å². The van der Waals surface area contributed by atoms with Crippen LogP contribution in [0.1, 0.15) is 33.3 Å². The minimum atomic E-state index is -0.825. The number of Topliss-reactive ketones (excluding diaryl/α,β-unsaturated/α-hetero) is 1. The number of carbonyl (C=O) groups excluding carboxylic acids is 2. The largest absolute Gasteiger partial charge is 0.423 e. The number of nitro groups is 1. The molecule has 0 bridgehead atoms. The number of fused-ring (bicyclic) bond motifs is 1. The van der Waals surface area contributed by atoms with Gasteiger partial charge in [0.2, 0.25) is 0 Å². The number of nitrogens with zero attached hydrogens (tertiary/aromatic N) is 2. The summed E-state index contributed by atoms with van der Waals surface area (Å²) in [6.07, 6.45) is 0. The Bertz CT molecular complexity index is 1070. The van der Waals surface area contributed by atoms with Crippen LogP contribution in [0.4, 0.5) is 5.69 Å². The minimum Gasteiger partial charge on any atom is -0.423 e. The number of benzene rings is 2. The molecule has 0 unspecified atom stereocenters. The number of aryl methyl sites for hydroxylation is 1. The van der Waals surface area contributed by atoms with E-state index >= 15 is 0 Å². The van der Waals surface area contributed by atoms with Gasteiger partial charge in [0.15, 0.2) is 5.78 Å². The number of carbonyl (C=O) groups is 2. The molecule has 3 aromatic rings. The molecule has 0 N–H and O–H groups in total. The van der Waals surface area contributed by atoms with Gasteiger partial charge in [-0.2, -0.15) is 0 Å². The lowest BCUT2D eigenvalue weighted by Gasteiger charge is -2.06. The molecule has 0 saturated heterocycles. The molecule has 0 spiro atoms. The lowest BCUT2D eigenvalue weighted by atomic mass is 10.1. The normalized spacial score (nSPS) is 10.7. The highest BCUT2D eigenvalue weighted by Crippen LogP contribution is 2.30. The van der Waals surface area contributed by atoms with Gasteiger partial charge in [-0.25, -0.2) is 4.79 Å². The molecule has 0 aliphatic rings. The van der Waals surface area contributed by atoms with Crippen molar-refractivity contribution in [3.05, 3.63) is 69.4 Å². The Morgan fingerprint density at radius 3 is 2.50 bits per heavy atom. The fourth-order valence-corrected chi connectivity index (χ4v) is 3.03. The van der Waals surface area contributed by atoms with Crippen molar-refractivity contribution < 1.29 is 19.2 Å². The Morgan fingerprint density at radius 2 is 1.85 bits per heavy atom. The van der Waals surface area contributed by atoms with Gasteiger partial charge in [0.05, 0.1) is 4.92 Å². The Morgan fingerprint density at radius 1 is 1.15 bits per heavy atom. The summed E-state index contributed by atoms with van der Waals surface area (Å²) in [4.78, 5) is 34.8. The molecule has 132 valence electrons. The summed E-state index contributed by atoms with van der Waals surface area (Å²) in [7, 11) is 1.85. The molecule has 0 fully saturated rings. The molecule has 0 radical (unpaired) electrons. The molecule has 7 nitrogen and oxygen atoms in total. The summed E-state index contributed by atoms with van der Waals surface area (Å²) in [6.45, 7) is 3.32. The van der Waals surface area contributed by atoms with Crippen molar-refractivity contribution in [2.75, 3.05) is 0 Å². The van der Waals surface area contributed by atoms with Crippen LogP contribution in [-0.2, 0) is 7.05 Å². The maximum Gasteiger partial charge on any atom is 0.350 e. The first-order valence-corrected chi connectivity index (χ1v) is 7.87. The number of ether oxygens (including phenoxy) is 1. The third kappa shape index (κ3) is 2.83. The molecular weight excluding hydrogens is 336 g/mol. The average Bonchev–Trinajstić information content (AvgIpc) is 2.85. The van der Waals surface area contributed by atoms with Gasteiger partial charge in [-0.15, -0.1) is 0 Å². The van der Waals surface area contributed by atoms with Gasteiger partial charge < -0.3 is 9.30 Å². The lowest BCUT2D eigenvalue weighted by molar-refractivity contribution is -0.385. The van der Waals surface area contributed by atoms with E-state index in [-0.39, 0.29) is 22.8 Å². The van der Waals surface area contributed by atoms with E-state index in [4.69, 9.17) is 4.74 Å². The molecule has 3 rings (SSSR count). The first-order valence-electron chi connectivity index (χ1n) is 7.87. The summed E-state index contributed by atoms with van der Waals surface area (Å²) in [5.41, 5.74) is 1.76. The predicted molar refractivity (Wildman–Crippen MR) is 95.7 cm³/mol. The fraction of sp³-hybridized carbons (Fsp3) is 0.158. The Hall–Kier alpha value is -3.48. The van der Waals surface area contributed by atoms with E-state index in [1.165, 1.54) is 31.2 Å². The molecule has 0 aliphatic carbocycles. The van der Waals surface area contributed by atoms with Gasteiger partial charge >= 0.3 is 5.97 Å². The van der Waals surface area contributed by atoms with Crippen molar-refractivity contribution in [1.29, 1.82) is 0 Å². The maximum atomic E-state index is 12.4. The summed E-state index contributed by atoms with van der Waals surface area (Å²) in [5.74, 6) is -0.697. The number of hydrogen-bond acceptors (Lipinski definition) is 5. The summed E-state index contributed by atoms with van der Waals surface area (Å²) >= 11 is 0. The van der Waals surface area contributed by atoms with Crippen LogP contribution < -0.4 is 4.74 Å². The van der Waals surface area contributed by atoms with Crippen LogP contribution in [0.3, 0.4) is 0 Å². The predicted octanol–water partition coefficient (Wildman–Crippen LogP) is 3.82. The van der Waals surface area contributed by atoms with Crippen molar-refractivity contribution in [3.63, 3.8) is 0 Å². The number of hydrogen-bond donors (Lipinski definition) is 0. The molecule has 1 heterocycles. The fourth-order valence-electron chi connectivity index (χ4n) is 3.03. The molecule has 0 amide bonds. The topological polar surface area (TPSA) is 91.4 Å². The van der Waals surface area contributed by atoms with Crippen molar-refractivity contribution in [3.8, 4) is 5.75 Å². The number of nitro benzene ring substituents is 1. The van der Waals surface area contributed by atoms with Gasteiger partial charge in [-0.1, -0.05) is 12.1 Å². The van der Waals surface area contributed by atoms with Crippen molar-refractivity contribution in [1.82, 2.24) is 4.57 Å². The first kappa shape index (κ1) is 17.3.